The number of sulfonamides is 1. The minimum absolute atomic E-state index is 0.105. The van der Waals surface area contributed by atoms with E-state index < -0.39 is 10.0 Å². The van der Waals surface area contributed by atoms with Crippen molar-refractivity contribution in [1.82, 2.24) is 9.21 Å². The highest BCUT2D eigenvalue weighted by Gasteiger charge is 2.29. The van der Waals surface area contributed by atoms with Gasteiger partial charge in [-0.15, -0.1) is 0 Å². The number of ether oxygens (including phenoxy) is 2. The maximum atomic E-state index is 13.3. The second kappa shape index (κ2) is 11.2. The molecule has 0 aliphatic carbocycles. The van der Waals surface area contributed by atoms with Crippen LogP contribution < -0.4 is 14.4 Å². The zero-order valence-corrected chi connectivity index (χ0v) is 22.7. The quantitative estimate of drug-likeness (QED) is 0.441. The Morgan fingerprint density at radius 2 is 1.61 bits per heavy atom. The summed E-state index contributed by atoms with van der Waals surface area (Å²) in [4.78, 5) is 16.9. The third kappa shape index (κ3) is 5.45. The summed E-state index contributed by atoms with van der Waals surface area (Å²) in [6.07, 6.45) is 0.666. The van der Waals surface area contributed by atoms with E-state index in [1.54, 1.807) is 12.0 Å². The number of para-hydroxylation sites is 2. The minimum atomic E-state index is -3.72. The van der Waals surface area contributed by atoms with E-state index in [0.717, 1.165) is 17.0 Å². The Hall–Kier alpha value is -3.27. The first kappa shape index (κ1) is 26.3. The van der Waals surface area contributed by atoms with E-state index in [0.29, 0.717) is 45.7 Å². The maximum absolute atomic E-state index is 13.3. The summed E-state index contributed by atoms with van der Waals surface area (Å²) >= 11 is 6.39. The smallest absolute Gasteiger partial charge is 0.260 e. The summed E-state index contributed by atoms with van der Waals surface area (Å²) < 4.78 is 39.1. The molecule has 0 atom stereocenters. The molecule has 38 heavy (non-hydrogen) atoms. The Balaban J connectivity index is 1.17. The first-order chi connectivity index (χ1) is 18.4. The van der Waals surface area contributed by atoms with Crippen molar-refractivity contribution in [3.8, 4) is 11.5 Å². The fraction of sp³-hybridized carbons (Fsp3) is 0.321. The third-order valence-electron chi connectivity index (χ3n) is 7.05. The van der Waals surface area contributed by atoms with Crippen molar-refractivity contribution in [2.75, 3.05) is 51.3 Å². The third-order valence-corrected chi connectivity index (χ3v) is 9.18. The number of halogens is 1. The van der Waals surface area contributed by atoms with E-state index in [-0.39, 0.29) is 28.2 Å². The van der Waals surface area contributed by atoms with E-state index in [9.17, 15) is 13.2 Å². The molecule has 1 saturated heterocycles. The van der Waals surface area contributed by atoms with Gasteiger partial charge >= 0.3 is 0 Å². The molecule has 3 aromatic rings. The molecule has 5 rings (SSSR count). The van der Waals surface area contributed by atoms with Gasteiger partial charge in [-0.05, 0) is 47.9 Å². The van der Waals surface area contributed by atoms with E-state index in [2.05, 4.69) is 4.90 Å². The Morgan fingerprint density at radius 3 is 2.34 bits per heavy atom. The Bertz CT molecular complexity index is 1420. The van der Waals surface area contributed by atoms with Gasteiger partial charge < -0.3 is 19.3 Å². The summed E-state index contributed by atoms with van der Waals surface area (Å²) in [5, 5.41) is 0.150. The number of amides is 1. The van der Waals surface area contributed by atoms with Gasteiger partial charge in [0.05, 0.1) is 22.7 Å². The number of methoxy groups -OCH3 is 1. The summed E-state index contributed by atoms with van der Waals surface area (Å²) in [6, 6.07) is 20.1. The van der Waals surface area contributed by atoms with Gasteiger partial charge in [0.2, 0.25) is 10.0 Å². The zero-order valence-electron chi connectivity index (χ0n) is 21.2. The first-order valence-corrected chi connectivity index (χ1v) is 14.3. The number of carbonyl (C=O) groups excluding carboxylic acids is 1. The van der Waals surface area contributed by atoms with Crippen LogP contribution in [0.3, 0.4) is 0 Å². The van der Waals surface area contributed by atoms with Crippen LogP contribution in [-0.4, -0.2) is 70.0 Å². The van der Waals surface area contributed by atoms with Crippen molar-refractivity contribution in [3.63, 3.8) is 0 Å². The summed E-state index contributed by atoms with van der Waals surface area (Å²) in [6.45, 7) is 3.04. The highest BCUT2D eigenvalue weighted by atomic mass is 35.5. The van der Waals surface area contributed by atoms with E-state index in [1.807, 2.05) is 48.5 Å². The zero-order chi connectivity index (χ0) is 26.7. The van der Waals surface area contributed by atoms with Crippen LogP contribution in [0, 0.1) is 0 Å². The molecule has 0 spiro atoms. The number of anilines is 1. The number of hydrogen-bond acceptors (Lipinski definition) is 6. The van der Waals surface area contributed by atoms with E-state index in [1.165, 1.54) is 28.1 Å². The fourth-order valence-electron chi connectivity index (χ4n) is 4.90. The maximum Gasteiger partial charge on any atom is 0.260 e. The van der Waals surface area contributed by atoms with Gasteiger partial charge in [-0.3, -0.25) is 4.79 Å². The highest BCUT2D eigenvalue weighted by molar-refractivity contribution is 7.89. The number of hydrogen-bond donors (Lipinski definition) is 0. The standard InChI is InChI=1S/C28H30ClN3O5S/c1-36-27-9-5-4-8-25(27)30-14-16-31(17-15-30)28(33)20-37-26-11-10-23(18-24(26)29)38(34,35)32-13-12-21-6-2-3-7-22(21)19-32/h2-11,18H,12-17,19-20H2,1H3. The van der Waals surface area contributed by atoms with Crippen LogP contribution in [0.5, 0.6) is 11.5 Å². The monoisotopic (exact) mass is 555 g/mol. The van der Waals surface area contributed by atoms with Crippen molar-refractivity contribution < 1.29 is 22.7 Å². The van der Waals surface area contributed by atoms with Crippen LogP contribution in [0.2, 0.25) is 5.02 Å². The number of benzene rings is 3. The molecule has 2 heterocycles. The molecule has 1 fully saturated rings. The van der Waals surface area contributed by atoms with Gasteiger partial charge in [0, 0.05) is 39.3 Å². The average Bonchev–Trinajstić information content (AvgIpc) is 2.96. The second-order valence-electron chi connectivity index (χ2n) is 9.28. The lowest BCUT2D eigenvalue weighted by Crippen LogP contribution is -2.50. The van der Waals surface area contributed by atoms with Crippen LogP contribution in [-0.2, 0) is 27.8 Å². The van der Waals surface area contributed by atoms with E-state index in [4.69, 9.17) is 21.1 Å². The number of nitrogens with zero attached hydrogens (tertiary/aromatic N) is 3. The largest absolute Gasteiger partial charge is 0.495 e. The van der Waals surface area contributed by atoms with Crippen LogP contribution in [0.4, 0.5) is 5.69 Å². The van der Waals surface area contributed by atoms with Gasteiger partial charge in [0.15, 0.2) is 6.61 Å². The molecule has 0 aromatic heterocycles. The molecule has 3 aromatic carbocycles. The van der Waals surface area contributed by atoms with Crippen molar-refractivity contribution in [2.45, 2.75) is 17.9 Å². The molecule has 8 nitrogen and oxygen atoms in total. The highest BCUT2D eigenvalue weighted by Crippen LogP contribution is 2.31. The number of rotatable bonds is 7. The first-order valence-electron chi connectivity index (χ1n) is 12.5. The number of piperazine rings is 1. The predicted molar refractivity (Wildman–Crippen MR) is 146 cm³/mol. The molecule has 0 unspecified atom stereocenters. The van der Waals surface area contributed by atoms with Crippen LogP contribution in [0.1, 0.15) is 11.1 Å². The molecule has 2 aliphatic heterocycles. The van der Waals surface area contributed by atoms with Crippen molar-refractivity contribution >= 4 is 33.2 Å². The van der Waals surface area contributed by atoms with E-state index >= 15 is 0 Å². The minimum Gasteiger partial charge on any atom is -0.495 e. The molecular weight excluding hydrogens is 526 g/mol. The van der Waals surface area contributed by atoms with Gasteiger partial charge in [-0.2, -0.15) is 4.31 Å². The summed E-state index contributed by atoms with van der Waals surface area (Å²) in [7, 11) is -2.07. The molecule has 0 radical (unpaired) electrons. The van der Waals surface area contributed by atoms with Gasteiger partial charge in [0.25, 0.3) is 5.91 Å². The Kier molecular flexibility index (Phi) is 7.78. The van der Waals surface area contributed by atoms with Crippen LogP contribution >= 0.6 is 11.6 Å². The average molecular weight is 556 g/mol. The van der Waals surface area contributed by atoms with Gasteiger partial charge in [0.1, 0.15) is 11.5 Å². The SMILES string of the molecule is COc1ccccc1N1CCN(C(=O)COc2ccc(S(=O)(=O)N3CCc4ccccc4C3)cc2Cl)CC1. The van der Waals surface area contributed by atoms with Crippen molar-refractivity contribution in [3.05, 3.63) is 82.9 Å². The number of fused-ring (bicyclic) bond motifs is 1. The summed E-state index contributed by atoms with van der Waals surface area (Å²) in [5.74, 6) is 0.931. The molecule has 0 saturated carbocycles. The second-order valence-corrected chi connectivity index (χ2v) is 11.6. The Labute approximate surface area is 228 Å². The normalized spacial score (nSPS) is 16.2. The molecule has 2 aliphatic rings. The lowest BCUT2D eigenvalue weighted by molar-refractivity contribution is -0.133. The van der Waals surface area contributed by atoms with Crippen LogP contribution in [0.25, 0.3) is 0 Å². The molecular formula is C28H30ClN3O5S. The van der Waals surface area contributed by atoms with Gasteiger partial charge in [-0.1, -0.05) is 48.0 Å². The molecule has 0 N–H and O–H groups in total. The molecule has 1 amide bonds. The number of carbonyl (C=O) groups is 1. The fourth-order valence-corrected chi connectivity index (χ4v) is 6.65. The lowest BCUT2D eigenvalue weighted by atomic mass is 10.0. The topological polar surface area (TPSA) is 79.4 Å². The molecule has 200 valence electrons. The lowest BCUT2D eigenvalue weighted by Gasteiger charge is -2.36. The summed E-state index contributed by atoms with van der Waals surface area (Å²) in [5.41, 5.74) is 3.19. The van der Waals surface area contributed by atoms with Crippen molar-refractivity contribution in [2.24, 2.45) is 0 Å². The molecule has 0 bridgehead atoms. The predicted octanol–water partition coefficient (Wildman–Crippen LogP) is 3.82. The van der Waals surface area contributed by atoms with Gasteiger partial charge in [-0.25, -0.2) is 8.42 Å². The van der Waals surface area contributed by atoms with Crippen molar-refractivity contribution in [1.29, 1.82) is 0 Å². The molecule has 10 heteroatoms. The Morgan fingerprint density at radius 1 is 0.895 bits per heavy atom. The van der Waals surface area contributed by atoms with Crippen LogP contribution in [0.15, 0.2) is 71.6 Å².